The fourth-order valence-corrected chi connectivity index (χ4v) is 6.74. The van der Waals surface area contributed by atoms with E-state index in [-0.39, 0.29) is 34.0 Å². The molecule has 7 nitrogen and oxygen atoms in total. The number of nitro benzene ring substituents is 1. The van der Waals surface area contributed by atoms with E-state index in [0.717, 1.165) is 15.5 Å². The summed E-state index contributed by atoms with van der Waals surface area (Å²) in [5.74, 6) is 0.373. The number of thioether (sulfide) groups is 1. The van der Waals surface area contributed by atoms with Gasteiger partial charge >= 0.3 is 0 Å². The van der Waals surface area contributed by atoms with Gasteiger partial charge in [0.15, 0.2) is 5.78 Å². The van der Waals surface area contributed by atoms with Crippen molar-refractivity contribution in [2.24, 2.45) is 11.1 Å². The van der Waals surface area contributed by atoms with Crippen molar-refractivity contribution in [3.8, 4) is 6.07 Å². The summed E-state index contributed by atoms with van der Waals surface area (Å²) in [5, 5.41) is 24.0. The summed E-state index contributed by atoms with van der Waals surface area (Å²) in [6.07, 6.45) is 0.850. The summed E-state index contributed by atoms with van der Waals surface area (Å²) in [6.45, 7) is 6.06. The van der Waals surface area contributed by atoms with Crippen LogP contribution in [-0.4, -0.2) is 16.5 Å². The van der Waals surface area contributed by atoms with E-state index in [1.165, 1.54) is 6.07 Å². The molecule has 0 saturated heterocycles. The maximum absolute atomic E-state index is 13.6. The molecule has 2 N–H and O–H groups in total. The molecule has 2 heterocycles. The molecule has 1 atom stereocenters. The molecule has 33 heavy (non-hydrogen) atoms. The number of nitriles is 1. The minimum absolute atomic E-state index is 0.0475. The van der Waals surface area contributed by atoms with Gasteiger partial charge in [-0.05, 0) is 40.7 Å². The molecule has 0 unspecified atom stereocenters. The molecule has 0 spiro atoms. The molecule has 0 saturated carbocycles. The Labute approximate surface area is 200 Å². The topological polar surface area (TPSA) is 113 Å². The molecule has 1 aliphatic heterocycles. The van der Waals surface area contributed by atoms with Crippen LogP contribution in [-0.2, 0) is 4.79 Å². The van der Waals surface area contributed by atoms with E-state index in [4.69, 9.17) is 5.73 Å². The largest absolute Gasteiger partial charge is 0.384 e. The number of hydrogen-bond acceptors (Lipinski definition) is 8. The van der Waals surface area contributed by atoms with Crippen LogP contribution in [0.1, 0.15) is 45.1 Å². The Morgan fingerprint density at radius 1 is 1.33 bits per heavy atom. The average molecular weight is 481 g/mol. The van der Waals surface area contributed by atoms with Gasteiger partial charge in [0.2, 0.25) is 0 Å². The highest BCUT2D eigenvalue weighted by molar-refractivity contribution is 8.01. The highest BCUT2D eigenvalue weighted by atomic mass is 32.2. The minimum atomic E-state index is -0.576. The Hall–Kier alpha value is -3.09. The number of Topliss-reactive ketones (excluding diaryl/α,β-unsaturated/α-hetero) is 1. The molecule has 4 rings (SSSR count). The molecule has 0 radical (unpaired) electrons. The molecule has 0 fully saturated rings. The predicted octanol–water partition coefficient (Wildman–Crippen LogP) is 5.71. The predicted molar refractivity (Wildman–Crippen MR) is 131 cm³/mol. The SMILES string of the molecule is CCSc1sccc1[C@@H]1C(C#N)=C(N)N(c2ccccc2[N+](=O)[O-])C2=C1C(=O)CC(C)(C)C2. The first kappa shape index (κ1) is 23.1. The second kappa shape index (κ2) is 8.69. The lowest BCUT2D eigenvalue weighted by Crippen LogP contribution is -2.42. The fraction of sp³-hybridized carbons (Fsp3) is 0.333. The van der Waals surface area contributed by atoms with Crippen molar-refractivity contribution in [1.29, 1.82) is 5.26 Å². The van der Waals surface area contributed by atoms with Crippen molar-refractivity contribution in [2.75, 3.05) is 10.7 Å². The number of anilines is 1. The number of hydrogen-bond donors (Lipinski definition) is 1. The molecular formula is C24H24N4O3S2. The number of thiophene rings is 1. The van der Waals surface area contributed by atoms with E-state index in [0.29, 0.717) is 24.1 Å². The summed E-state index contributed by atoms with van der Waals surface area (Å²) in [7, 11) is 0. The van der Waals surface area contributed by atoms with Crippen LogP contribution in [0.2, 0.25) is 0 Å². The Morgan fingerprint density at radius 2 is 2.06 bits per heavy atom. The van der Waals surface area contributed by atoms with Crippen LogP contribution >= 0.6 is 23.1 Å². The maximum atomic E-state index is 13.6. The van der Waals surface area contributed by atoms with Gasteiger partial charge in [0, 0.05) is 23.8 Å². The van der Waals surface area contributed by atoms with Gasteiger partial charge in [-0.1, -0.05) is 32.9 Å². The zero-order chi connectivity index (χ0) is 23.9. The van der Waals surface area contributed by atoms with Crippen molar-refractivity contribution in [1.82, 2.24) is 0 Å². The van der Waals surface area contributed by atoms with E-state index >= 15 is 0 Å². The molecule has 170 valence electrons. The Bertz CT molecular complexity index is 1250. The summed E-state index contributed by atoms with van der Waals surface area (Å²) in [6, 6.07) is 10.5. The van der Waals surface area contributed by atoms with E-state index in [1.54, 1.807) is 46.2 Å². The third kappa shape index (κ3) is 3.94. The van der Waals surface area contributed by atoms with Crippen LogP contribution in [0, 0.1) is 26.9 Å². The molecule has 2 aliphatic rings. The number of nitrogens with zero attached hydrogens (tertiary/aromatic N) is 3. The summed E-state index contributed by atoms with van der Waals surface area (Å²) in [5.41, 5.74) is 8.71. The molecule has 2 aromatic rings. The molecular weight excluding hydrogens is 456 g/mol. The maximum Gasteiger partial charge on any atom is 0.293 e. The van der Waals surface area contributed by atoms with Gasteiger partial charge in [0.05, 0.1) is 26.7 Å². The number of carbonyl (C=O) groups excluding carboxylic acids is 1. The fourth-order valence-electron chi connectivity index (χ4n) is 4.67. The first-order valence-corrected chi connectivity index (χ1v) is 12.5. The monoisotopic (exact) mass is 480 g/mol. The normalized spacial score (nSPS) is 20.0. The second-order valence-electron chi connectivity index (χ2n) is 8.82. The van der Waals surface area contributed by atoms with Crippen molar-refractivity contribution < 1.29 is 9.72 Å². The first-order valence-electron chi connectivity index (χ1n) is 10.6. The van der Waals surface area contributed by atoms with E-state index in [9.17, 15) is 20.2 Å². The van der Waals surface area contributed by atoms with Crippen LogP contribution in [0.3, 0.4) is 0 Å². The smallest absolute Gasteiger partial charge is 0.293 e. The van der Waals surface area contributed by atoms with Crippen LogP contribution < -0.4 is 10.6 Å². The molecule has 1 aromatic carbocycles. The number of nitrogens with two attached hydrogens (primary N) is 1. The van der Waals surface area contributed by atoms with Crippen molar-refractivity contribution >= 4 is 40.3 Å². The van der Waals surface area contributed by atoms with Gasteiger partial charge in [0.25, 0.3) is 5.69 Å². The van der Waals surface area contributed by atoms with Crippen LogP contribution in [0.25, 0.3) is 0 Å². The minimum Gasteiger partial charge on any atom is -0.384 e. The summed E-state index contributed by atoms with van der Waals surface area (Å²) >= 11 is 3.25. The number of allylic oxidation sites excluding steroid dienone is 3. The number of para-hydroxylation sites is 2. The van der Waals surface area contributed by atoms with Crippen molar-refractivity contribution in [2.45, 2.75) is 43.7 Å². The van der Waals surface area contributed by atoms with Crippen molar-refractivity contribution in [3.05, 3.63) is 74.1 Å². The lowest BCUT2D eigenvalue weighted by Gasteiger charge is -2.43. The Morgan fingerprint density at radius 3 is 2.73 bits per heavy atom. The summed E-state index contributed by atoms with van der Waals surface area (Å²) < 4.78 is 1.05. The molecule has 0 amide bonds. The second-order valence-corrected chi connectivity index (χ2v) is 11.3. The van der Waals surface area contributed by atoms with Gasteiger partial charge in [-0.15, -0.1) is 23.1 Å². The van der Waals surface area contributed by atoms with Crippen LogP contribution in [0.5, 0.6) is 0 Å². The third-order valence-corrected chi connectivity index (χ3v) is 8.10. The molecule has 9 heteroatoms. The van der Waals surface area contributed by atoms with Gasteiger partial charge < -0.3 is 5.73 Å². The number of benzene rings is 1. The molecule has 0 bridgehead atoms. The van der Waals surface area contributed by atoms with Gasteiger partial charge in [-0.3, -0.25) is 19.8 Å². The molecule has 1 aliphatic carbocycles. The Kier molecular flexibility index (Phi) is 6.08. The lowest BCUT2D eigenvalue weighted by atomic mass is 9.69. The quantitative estimate of drug-likeness (QED) is 0.331. The highest BCUT2D eigenvalue weighted by Gasteiger charge is 2.46. The highest BCUT2D eigenvalue weighted by Crippen LogP contribution is 2.52. The number of rotatable bonds is 5. The lowest BCUT2D eigenvalue weighted by molar-refractivity contribution is -0.384. The number of carbonyl (C=O) groups is 1. The standard InChI is InChI=1S/C24H24N4O3S2/c1-4-32-23-14(9-10-33-23)20-15(13-25)22(26)27(16-7-5-6-8-17(16)28(30)31)18-11-24(2,3)12-19(29)21(18)20/h5-10,20H,4,11-12,26H2,1-3H3/t20-/m1/s1. The summed E-state index contributed by atoms with van der Waals surface area (Å²) in [4.78, 5) is 26.5. The van der Waals surface area contributed by atoms with Crippen molar-refractivity contribution in [3.63, 3.8) is 0 Å². The zero-order valence-corrected chi connectivity index (χ0v) is 20.3. The van der Waals surface area contributed by atoms with E-state index in [1.807, 2.05) is 25.3 Å². The zero-order valence-electron chi connectivity index (χ0n) is 18.6. The first-order chi connectivity index (χ1) is 15.7. The van der Waals surface area contributed by atoms with E-state index in [2.05, 4.69) is 13.0 Å². The van der Waals surface area contributed by atoms with Gasteiger partial charge in [0.1, 0.15) is 11.5 Å². The third-order valence-electron chi connectivity index (χ3n) is 5.95. The van der Waals surface area contributed by atoms with Crippen LogP contribution in [0.15, 0.2) is 62.6 Å². The van der Waals surface area contributed by atoms with Gasteiger partial charge in [-0.2, -0.15) is 5.26 Å². The number of nitro groups is 1. The average Bonchev–Trinajstić information content (AvgIpc) is 3.20. The van der Waals surface area contributed by atoms with Crippen LogP contribution in [0.4, 0.5) is 11.4 Å². The van der Waals surface area contributed by atoms with Gasteiger partial charge in [-0.25, -0.2) is 0 Å². The number of ketones is 1. The Balaban J connectivity index is 2.03. The van der Waals surface area contributed by atoms with E-state index < -0.39 is 10.8 Å². The molecule has 1 aromatic heterocycles.